The van der Waals surface area contributed by atoms with E-state index < -0.39 is 5.97 Å². The fourth-order valence-corrected chi connectivity index (χ4v) is 5.12. The summed E-state index contributed by atoms with van der Waals surface area (Å²) >= 11 is 0. The predicted molar refractivity (Wildman–Crippen MR) is 163 cm³/mol. The van der Waals surface area contributed by atoms with E-state index in [4.69, 9.17) is 24.4 Å². The number of fused-ring (bicyclic) bond motifs is 1. The number of carbonyl (C=O) groups excluding carboxylic acids is 2. The number of guanidine groups is 1. The standard InChI is InChI=1S/C31H30N6O3.C2H4O2/c1-35-16-8-11-24-25(12-7-13-26(24)35)34-31(33-21-32)36-17-18-37(27(20-36)22-9-5-4-6-10-22)30(38)23-14-15-28(39-2)29(19-23)40-3;1-2(3)4/h4-16,19,27H,17-18,20H2,1-3H3;1H3,(H,3,4). The molecule has 0 aliphatic carbocycles. The van der Waals surface area contributed by atoms with Gasteiger partial charge in [-0.15, -0.1) is 0 Å². The van der Waals surface area contributed by atoms with Crippen molar-refractivity contribution in [3.63, 3.8) is 0 Å². The summed E-state index contributed by atoms with van der Waals surface area (Å²) in [6.45, 7) is 2.35. The number of amides is 1. The van der Waals surface area contributed by atoms with Crippen molar-refractivity contribution < 1.29 is 28.7 Å². The summed E-state index contributed by atoms with van der Waals surface area (Å²) in [5.74, 6) is 0.316. The second-order valence-corrected chi connectivity index (χ2v) is 9.93. The molecule has 1 N–H and O–H groups in total. The van der Waals surface area contributed by atoms with Crippen LogP contribution in [0.3, 0.4) is 0 Å². The minimum absolute atomic E-state index is 0.109. The number of hydrogen-bond donors (Lipinski definition) is 1. The first-order valence-electron chi connectivity index (χ1n) is 13.9. The Bertz CT molecular complexity index is 1700. The first-order valence-corrected chi connectivity index (χ1v) is 13.9. The van der Waals surface area contributed by atoms with Gasteiger partial charge in [-0.3, -0.25) is 10.1 Å². The number of pyridine rings is 1. The molecular formula is C33H34N6O5. The Kier molecular flexibility index (Phi) is 10.3. The summed E-state index contributed by atoms with van der Waals surface area (Å²) in [6, 6.07) is 24.8. The molecule has 5 rings (SSSR count). The number of methoxy groups -OCH3 is 2. The average molecular weight is 595 g/mol. The lowest BCUT2D eigenvalue weighted by molar-refractivity contribution is -0.644. The zero-order chi connectivity index (χ0) is 31.6. The molecule has 1 atom stereocenters. The zero-order valence-electron chi connectivity index (χ0n) is 25.1. The molecule has 226 valence electrons. The molecular weight excluding hydrogens is 560 g/mol. The molecule has 2 heterocycles. The average Bonchev–Trinajstić information content (AvgIpc) is 3.04. The van der Waals surface area contributed by atoms with Crippen LogP contribution in [0.5, 0.6) is 11.5 Å². The molecule has 1 aromatic heterocycles. The molecule has 1 aliphatic rings. The van der Waals surface area contributed by atoms with Crippen molar-refractivity contribution >= 4 is 34.4 Å². The number of aryl methyl sites for hydroxylation is 1. The van der Waals surface area contributed by atoms with Crippen molar-refractivity contribution in [3.8, 4) is 17.7 Å². The molecule has 0 saturated carbocycles. The summed E-state index contributed by atoms with van der Waals surface area (Å²) in [7, 11) is 5.11. The molecule has 1 aliphatic heterocycles. The summed E-state index contributed by atoms with van der Waals surface area (Å²) in [6.07, 6.45) is 4.04. The van der Waals surface area contributed by atoms with Gasteiger partial charge in [0, 0.05) is 43.3 Å². The van der Waals surface area contributed by atoms with Gasteiger partial charge in [-0.05, 0) is 42.8 Å². The quantitative estimate of drug-likeness (QED) is 0.123. The minimum atomic E-state index is -1.08. The molecule has 11 nitrogen and oxygen atoms in total. The third-order valence-corrected chi connectivity index (χ3v) is 7.16. The molecule has 3 aromatic carbocycles. The maximum Gasteiger partial charge on any atom is 0.254 e. The van der Waals surface area contributed by atoms with Crippen LogP contribution in [0.1, 0.15) is 28.9 Å². The van der Waals surface area contributed by atoms with Crippen LogP contribution < -0.4 is 24.5 Å². The Hall–Kier alpha value is -5.63. The molecule has 1 unspecified atom stereocenters. The number of nitrogens with zero attached hydrogens (tertiary/aromatic N) is 5. The van der Waals surface area contributed by atoms with E-state index in [2.05, 4.69) is 5.32 Å². The van der Waals surface area contributed by atoms with Gasteiger partial charge in [0.05, 0.1) is 31.3 Å². The van der Waals surface area contributed by atoms with Crippen LogP contribution in [0.2, 0.25) is 0 Å². The highest BCUT2D eigenvalue weighted by Crippen LogP contribution is 2.32. The lowest BCUT2D eigenvalue weighted by Crippen LogP contribution is -2.54. The highest BCUT2D eigenvalue weighted by Gasteiger charge is 2.34. The van der Waals surface area contributed by atoms with Gasteiger partial charge in [0.2, 0.25) is 11.5 Å². The van der Waals surface area contributed by atoms with E-state index in [1.54, 1.807) is 32.4 Å². The SMILES string of the molecule is CC(=O)[O-].COc1ccc(C(=O)N2CCN(C(=Nc3cccc4c3ccc[n+]4C)NC#N)CC2c2ccccc2)cc1OC. The van der Waals surface area contributed by atoms with Crippen molar-refractivity contribution in [1.29, 1.82) is 5.26 Å². The largest absolute Gasteiger partial charge is 0.550 e. The number of piperazine rings is 1. The van der Waals surface area contributed by atoms with Crippen LogP contribution in [0.25, 0.3) is 10.9 Å². The molecule has 0 radical (unpaired) electrons. The zero-order valence-corrected chi connectivity index (χ0v) is 25.1. The summed E-state index contributed by atoms with van der Waals surface area (Å²) in [5.41, 5.74) is 3.30. The van der Waals surface area contributed by atoms with Gasteiger partial charge in [-0.2, -0.15) is 5.26 Å². The number of carbonyl (C=O) groups is 2. The Morgan fingerprint density at radius 3 is 2.41 bits per heavy atom. The Morgan fingerprint density at radius 1 is 1.00 bits per heavy atom. The highest BCUT2D eigenvalue weighted by molar-refractivity contribution is 5.96. The second-order valence-electron chi connectivity index (χ2n) is 9.93. The summed E-state index contributed by atoms with van der Waals surface area (Å²) in [4.78, 5) is 31.5. The maximum absolute atomic E-state index is 13.8. The van der Waals surface area contributed by atoms with Crippen LogP contribution in [-0.2, 0) is 11.8 Å². The fourth-order valence-electron chi connectivity index (χ4n) is 5.12. The van der Waals surface area contributed by atoms with Crippen LogP contribution in [0.4, 0.5) is 5.69 Å². The normalized spacial score (nSPS) is 14.6. The van der Waals surface area contributed by atoms with Gasteiger partial charge in [-0.1, -0.05) is 36.4 Å². The molecule has 1 amide bonds. The van der Waals surface area contributed by atoms with Crippen LogP contribution in [0.15, 0.2) is 90.1 Å². The molecule has 0 bridgehead atoms. The van der Waals surface area contributed by atoms with Crippen molar-refractivity contribution in [2.75, 3.05) is 33.9 Å². The molecule has 1 fully saturated rings. The lowest BCUT2D eigenvalue weighted by Gasteiger charge is -2.42. The fraction of sp³-hybridized carbons (Fsp3) is 0.242. The minimum Gasteiger partial charge on any atom is -0.550 e. The number of aliphatic carboxylic acids is 1. The number of carboxylic acids is 1. The van der Waals surface area contributed by atoms with Crippen LogP contribution >= 0.6 is 0 Å². The Labute approximate surface area is 256 Å². The maximum atomic E-state index is 13.8. The van der Waals surface area contributed by atoms with Crippen molar-refractivity contribution in [3.05, 3.63) is 96.2 Å². The van der Waals surface area contributed by atoms with Gasteiger partial charge >= 0.3 is 0 Å². The topological polar surface area (TPSA) is 134 Å². The van der Waals surface area contributed by atoms with E-state index in [0.717, 1.165) is 29.1 Å². The molecule has 4 aromatic rings. The smallest absolute Gasteiger partial charge is 0.254 e. The lowest BCUT2D eigenvalue weighted by atomic mass is 10.0. The number of hydrogen-bond acceptors (Lipinski definition) is 7. The van der Waals surface area contributed by atoms with Gasteiger partial charge in [0.25, 0.3) is 5.91 Å². The number of nitriles is 1. The van der Waals surface area contributed by atoms with Crippen LogP contribution in [0, 0.1) is 11.5 Å². The van der Waals surface area contributed by atoms with E-state index in [0.29, 0.717) is 42.7 Å². The summed E-state index contributed by atoms with van der Waals surface area (Å²) < 4.78 is 12.8. The first kappa shape index (κ1) is 31.3. The van der Waals surface area contributed by atoms with Crippen LogP contribution in [-0.4, -0.2) is 61.5 Å². The van der Waals surface area contributed by atoms with E-state index in [-0.39, 0.29) is 11.9 Å². The Balaban J connectivity index is 0.00000104. The number of ether oxygens (including phenoxy) is 2. The summed E-state index contributed by atoms with van der Waals surface area (Å²) in [5, 5.41) is 22.3. The van der Waals surface area contributed by atoms with Crippen molar-refractivity contribution in [2.45, 2.75) is 13.0 Å². The van der Waals surface area contributed by atoms with Gasteiger partial charge < -0.3 is 29.2 Å². The first-order chi connectivity index (χ1) is 21.3. The third kappa shape index (κ3) is 7.22. The van der Waals surface area contributed by atoms with E-state index in [1.807, 2.05) is 94.5 Å². The highest BCUT2D eigenvalue weighted by atomic mass is 16.5. The van der Waals surface area contributed by atoms with Crippen molar-refractivity contribution in [1.82, 2.24) is 15.1 Å². The number of benzene rings is 3. The van der Waals surface area contributed by atoms with Gasteiger partial charge in [-0.25, -0.2) is 9.56 Å². The molecule has 44 heavy (non-hydrogen) atoms. The second kappa shape index (κ2) is 14.5. The van der Waals surface area contributed by atoms with E-state index >= 15 is 0 Å². The molecule has 11 heteroatoms. The van der Waals surface area contributed by atoms with E-state index in [1.165, 1.54) is 0 Å². The molecule has 1 saturated heterocycles. The van der Waals surface area contributed by atoms with E-state index in [9.17, 15) is 10.1 Å². The number of nitrogens with one attached hydrogen (secondary N) is 1. The Morgan fingerprint density at radius 2 is 1.73 bits per heavy atom. The third-order valence-electron chi connectivity index (χ3n) is 7.16. The monoisotopic (exact) mass is 594 g/mol. The molecule has 0 spiro atoms. The number of rotatable bonds is 5. The van der Waals surface area contributed by atoms with Gasteiger partial charge in [0.1, 0.15) is 7.05 Å². The predicted octanol–water partition coefficient (Wildman–Crippen LogP) is 2.70. The number of aliphatic imine (C=N–C) groups is 1. The number of aromatic nitrogens is 1. The van der Waals surface area contributed by atoms with Crippen molar-refractivity contribution in [2.24, 2.45) is 12.0 Å². The number of carboxylic acid groups (broad SMARTS) is 1. The van der Waals surface area contributed by atoms with Gasteiger partial charge in [0.15, 0.2) is 23.9 Å².